The van der Waals surface area contributed by atoms with Crippen molar-refractivity contribution in [2.24, 2.45) is 11.8 Å². The van der Waals surface area contributed by atoms with E-state index in [0.717, 1.165) is 30.8 Å². The van der Waals surface area contributed by atoms with E-state index in [-0.39, 0.29) is 29.8 Å². The van der Waals surface area contributed by atoms with Crippen LogP contribution in [0.25, 0.3) is 0 Å². The number of piperazine rings is 1. The van der Waals surface area contributed by atoms with Crippen molar-refractivity contribution in [3.05, 3.63) is 0 Å². The fourth-order valence-corrected chi connectivity index (χ4v) is 3.52. The number of hydrogen-bond acceptors (Lipinski definition) is 3. The quantitative estimate of drug-likeness (QED) is 0.730. The van der Waals surface area contributed by atoms with E-state index >= 15 is 0 Å². The van der Waals surface area contributed by atoms with Crippen molar-refractivity contribution in [3.63, 3.8) is 0 Å². The minimum absolute atomic E-state index is 0.0413. The van der Waals surface area contributed by atoms with Crippen LogP contribution in [0.5, 0.6) is 0 Å². The molecule has 0 aromatic heterocycles. The highest BCUT2D eigenvalue weighted by Crippen LogP contribution is 2.35. The normalized spacial score (nSPS) is 27.1. The van der Waals surface area contributed by atoms with Crippen molar-refractivity contribution in [1.29, 1.82) is 0 Å². The van der Waals surface area contributed by atoms with Crippen LogP contribution in [-0.4, -0.2) is 46.8 Å². The number of carbonyl (C=O) groups excluding carboxylic acids is 2. The molecule has 114 valence electrons. The third kappa shape index (κ3) is 3.48. The van der Waals surface area contributed by atoms with E-state index in [1.807, 2.05) is 30.5 Å². The van der Waals surface area contributed by atoms with Crippen LogP contribution in [0.15, 0.2) is 0 Å². The smallest absolute Gasteiger partial charge is 0.246 e. The molecular formula is C15H26N2O2S. The summed E-state index contributed by atoms with van der Waals surface area (Å²) >= 11 is 1.89. The monoisotopic (exact) mass is 298 g/mol. The number of amides is 2. The van der Waals surface area contributed by atoms with Crippen LogP contribution in [0.2, 0.25) is 0 Å². The van der Waals surface area contributed by atoms with Crippen LogP contribution in [0, 0.1) is 11.8 Å². The molecule has 0 bridgehead atoms. The molecule has 1 saturated carbocycles. The number of nitrogens with one attached hydrogen (secondary N) is 1. The van der Waals surface area contributed by atoms with Crippen molar-refractivity contribution in [2.75, 3.05) is 18.1 Å². The van der Waals surface area contributed by atoms with Crippen molar-refractivity contribution in [2.45, 2.75) is 52.1 Å². The van der Waals surface area contributed by atoms with E-state index in [1.54, 1.807) is 0 Å². The van der Waals surface area contributed by atoms with Gasteiger partial charge < -0.3 is 10.2 Å². The number of hydrogen-bond donors (Lipinski definition) is 1. The van der Waals surface area contributed by atoms with Gasteiger partial charge in [0.05, 0.1) is 0 Å². The topological polar surface area (TPSA) is 49.4 Å². The number of carbonyl (C=O) groups is 2. The SMILES string of the molecule is CCSCCCN1C(=O)C(C2CC2)NC(=O)C1C(C)C. The zero-order valence-corrected chi connectivity index (χ0v) is 13.5. The molecule has 20 heavy (non-hydrogen) atoms. The molecule has 0 aromatic rings. The van der Waals surface area contributed by atoms with E-state index < -0.39 is 0 Å². The maximum Gasteiger partial charge on any atom is 0.246 e. The third-order valence-electron chi connectivity index (χ3n) is 4.07. The fourth-order valence-electron chi connectivity index (χ4n) is 2.90. The van der Waals surface area contributed by atoms with E-state index in [9.17, 15) is 9.59 Å². The summed E-state index contributed by atoms with van der Waals surface area (Å²) in [6.07, 6.45) is 3.11. The molecule has 0 spiro atoms. The van der Waals surface area contributed by atoms with Crippen LogP contribution < -0.4 is 5.32 Å². The number of rotatable bonds is 7. The second-order valence-electron chi connectivity index (χ2n) is 6.09. The molecule has 2 amide bonds. The molecule has 1 aliphatic carbocycles. The van der Waals surface area contributed by atoms with Gasteiger partial charge in [0.15, 0.2) is 0 Å². The van der Waals surface area contributed by atoms with Gasteiger partial charge in [0.25, 0.3) is 0 Å². The molecule has 4 nitrogen and oxygen atoms in total. The van der Waals surface area contributed by atoms with Crippen molar-refractivity contribution in [3.8, 4) is 0 Å². The lowest BCUT2D eigenvalue weighted by molar-refractivity contribution is -0.151. The summed E-state index contributed by atoms with van der Waals surface area (Å²) in [6.45, 7) is 6.89. The average Bonchev–Trinajstić information content (AvgIpc) is 3.21. The number of thioether (sulfide) groups is 1. The molecule has 5 heteroatoms. The molecule has 1 aliphatic heterocycles. The second kappa shape index (κ2) is 6.83. The minimum Gasteiger partial charge on any atom is -0.342 e. The van der Waals surface area contributed by atoms with Crippen LogP contribution in [0.3, 0.4) is 0 Å². The Morgan fingerprint density at radius 3 is 2.60 bits per heavy atom. The van der Waals surface area contributed by atoms with E-state index in [1.165, 1.54) is 0 Å². The van der Waals surface area contributed by atoms with Crippen LogP contribution in [-0.2, 0) is 9.59 Å². The minimum atomic E-state index is -0.288. The first-order chi connectivity index (χ1) is 9.56. The maximum absolute atomic E-state index is 12.6. The Balaban J connectivity index is 2.03. The van der Waals surface area contributed by atoms with E-state index in [4.69, 9.17) is 0 Å². The Morgan fingerprint density at radius 2 is 2.05 bits per heavy atom. The summed E-state index contributed by atoms with van der Waals surface area (Å²) in [4.78, 5) is 26.8. The van der Waals surface area contributed by atoms with Crippen LogP contribution in [0.4, 0.5) is 0 Å². The van der Waals surface area contributed by atoms with Gasteiger partial charge in [-0.25, -0.2) is 0 Å². The summed E-state index contributed by atoms with van der Waals surface area (Å²) in [5.41, 5.74) is 0. The van der Waals surface area contributed by atoms with Crippen molar-refractivity contribution in [1.82, 2.24) is 10.2 Å². The first-order valence-electron chi connectivity index (χ1n) is 7.74. The van der Waals surface area contributed by atoms with E-state index in [2.05, 4.69) is 12.2 Å². The number of nitrogens with zero attached hydrogens (tertiary/aromatic N) is 1. The predicted molar refractivity (Wildman–Crippen MR) is 82.6 cm³/mol. The Morgan fingerprint density at radius 1 is 1.35 bits per heavy atom. The van der Waals surface area contributed by atoms with Gasteiger partial charge in [-0.05, 0) is 42.6 Å². The molecule has 2 atom stereocenters. The molecule has 2 rings (SSSR count). The Labute approximate surface area is 126 Å². The van der Waals surface area contributed by atoms with Crippen LogP contribution >= 0.6 is 11.8 Å². The molecular weight excluding hydrogens is 272 g/mol. The van der Waals surface area contributed by atoms with Gasteiger partial charge in [0.1, 0.15) is 12.1 Å². The van der Waals surface area contributed by atoms with Gasteiger partial charge in [-0.2, -0.15) is 11.8 Å². The Bertz CT molecular complexity index is 369. The summed E-state index contributed by atoms with van der Waals surface area (Å²) in [5, 5.41) is 2.96. The molecule has 2 fully saturated rings. The Hall–Kier alpha value is -0.710. The average molecular weight is 298 g/mol. The van der Waals surface area contributed by atoms with E-state index in [0.29, 0.717) is 12.5 Å². The molecule has 2 aliphatic rings. The van der Waals surface area contributed by atoms with Gasteiger partial charge in [0.2, 0.25) is 11.8 Å². The van der Waals surface area contributed by atoms with Gasteiger partial charge in [-0.1, -0.05) is 20.8 Å². The largest absolute Gasteiger partial charge is 0.342 e. The van der Waals surface area contributed by atoms with Gasteiger partial charge in [-0.3, -0.25) is 9.59 Å². The predicted octanol–water partition coefficient (Wildman–Crippen LogP) is 1.89. The first-order valence-corrected chi connectivity index (χ1v) is 8.90. The molecule has 0 aromatic carbocycles. The zero-order chi connectivity index (χ0) is 14.7. The Kier molecular flexibility index (Phi) is 5.35. The maximum atomic E-state index is 12.6. The lowest BCUT2D eigenvalue weighted by atomic mass is 9.95. The van der Waals surface area contributed by atoms with Crippen LogP contribution in [0.1, 0.15) is 40.0 Å². The van der Waals surface area contributed by atoms with Gasteiger partial charge in [-0.15, -0.1) is 0 Å². The molecule has 1 saturated heterocycles. The molecule has 0 radical (unpaired) electrons. The lowest BCUT2D eigenvalue weighted by Crippen LogP contribution is -2.65. The summed E-state index contributed by atoms with van der Waals surface area (Å²) in [7, 11) is 0. The summed E-state index contributed by atoms with van der Waals surface area (Å²) < 4.78 is 0. The van der Waals surface area contributed by atoms with Gasteiger partial charge >= 0.3 is 0 Å². The standard InChI is InChI=1S/C15H26N2O2S/c1-4-20-9-5-8-17-13(10(2)3)14(18)16-12(15(17)19)11-6-7-11/h10-13H,4-9H2,1-3H3,(H,16,18). The zero-order valence-electron chi connectivity index (χ0n) is 12.7. The van der Waals surface area contributed by atoms with Crippen molar-refractivity contribution < 1.29 is 9.59 Å². The highest BCUT2D eigenvalue weighted by molar-refractivity contribution is 7.99. The summed E-state index contributed by atoms with van der Waals surface area (Å²) in [6, 6.07) is -0.541. The highest BCUT2D eigenvalue weighted by Gasteiger charge is 2.47. The molecule has 1 N–H and O–H groups in total. The molecule has 1 heterocycles. The van der Waals surface area contributed by atoms with Gasteiger partial charge in [0, 0.05) is 6.54 Å². The second-order valence-corrected chi connectivity index (χ2v) is 7.49. The van der Waals surface area contributed by atoms with Crippen molar-refractivity contribution >= 4 is 23.6 Å². The third-order valence-corrected chi connectivity index (χ3v) is 5.05. The molecule has 2 unspecified atom stereocenters. The highest BCUT2D eigenvalue weighted by atomic mass is 32.2. The fraction of sp³-hybridized carbons (Fsp3) is 0.867. The first kappa shape index (κ1) is 15.7. The summed E-state index contributed by atoms with van der Waals surface area (Å²) in [5.74, 6) is 2.89. The lowest BCUT2D eigenvalue weighted by Gasteiger charge is -2.41.